The van der Waals surface area contributed by atoms with E-state index < -0.39 is 34.7 Å². The fourth-order valence-corrected chi connectivity index (χ4v) is 7.85. The zero-order valence-corrected chi connectivity index (χ0v) is 42.4. The highest BCUT2D eigenvalue weighted by molar-refractivity contribution is 6.01. The molecule has 3 amide bonds. The number of alkyl carbamates (subject to hydrolysis) is 2. The van der Waals surface area contributed by atoms with Crippen molar-refractivity contribution >= 4 is 35.1 Å². The number of rotatable bonds is 18. The summed E-state index contributed by atoms with van der Waals surface area (Å²) in [7, 11) is 0. The minimum absolute atomic E-state index is 0.0163. The molecule has 3 heterocycles. The number of fused-ring (bicyclic) bond motifs is 1. The van der Waals surface area contributed by atoms with E-state index in [2.05, 4.69) is 46.6 Å². The number of nitriles is 1. The van der Waals surface area contributed by atoms with Crippen molar-refractivity contribution in [3.8, 4) is 11.9 Å². The molecule has 374 valence electrons. The molecule has 1 aliphatic heterocycles. The highest BCUT2D eigenvalue weighted by Gasteiger charge is 2.31. The van der Waals surface area contributed by atoms with Gasteiger partial charge in [0.2, 0.25) is 11.8 Å². The van der Waals surface area contributed by atoms with E-state index in [9.17, 15) is 18.8 Å². The molecule has 0 saturated carbocycles. The van der Waals surface area contributed by atoms with E-state index >= 15 is 0 Å². The number of likely N-dealkylation sites (tertiary alicyclic amines) is 1. The average molecular weight is 954 g/mol. The van der Waals surface area contributed by atoms with Gasteiger partial charge in [0.1, 0.15) is 29.5 Å². The zero-order valence-electron chi connectivity index (χ0n) is 42.4. The second-order valence-electron chi connectivity index (χ2n) is 20.2. The predicted molar refractivity (Wildman–Crippen MR) is 263 cm³/mol. The third-order valence-electron chi connectivity index (χ3n) is 12.1. The molecule has 3 N–H and O–H groups in total. The number of benzene rings is 2. The lowest BCUT2D eigenvalue weighted by Crippen LogP contribution is -2.50. The van der Waals surface area contributed by atoms with Crippen molar-refractivity contribution in [3.63, 3.8) is 0 Å². The molecule has 16 nitrogen and oxygen atoms in total. The number of hydrogen-bond acceptors (Lipinski definition) is 12. The molecule has 5 rings (SSSR count). The Morgan fingerprint density at radius 1 is 0.884 bits per heavy atom. The normalized spacial score (nSPS) is 15.3. The Morgan fingerprint density at radius 2 is 1.57 bits per heavy atom. The summed E-state index contributed by atoms with van der Waals surface area (Å²) in [5.41, 5.74) is 0.855. The molecule has 0 aliphatic carbocycles. The standard InChI is InChI=1S/C52H72FN9O7/c1-12-24-52(11,14-3)67-34-51(10,13-2)60-45(63)37-20-21-41-42(30-37)62(28-25-55-46(58-47(64)68-49(4,5)6)59-48(65)69-50(7,8)9)43(56-41)32-61-26-22-36(23-27-61)40-16-15-17-44(57-40)66-33-38-19-18-35(31-54)29-39(38)53/h15-21,29-30,36H,12-14,22-28,32-34H2,1-11H3,(H,60,63)(H2,55,58,59,64,65). The molecular formula is C52H72FN9O7. The molecule has 0 radical (unpaired) electrons. The summed E-state index contributed by atoms with van der Waals surface area (Å²) in [4.78, 5) is 56.6. The van der Waals surface area contributed by atoms with Gasteiger partial charge in [-0.25, -0.2) is 23.9 Å². The molecule has 1 aliphatic rings. The number of halogens is 1. The molecule has 4 aromatic rings. The van der Waals surface area contributed by atoms with Gasteiger partial charge in [-0.2, -0.15) is 5.26 Å². The third-order valence-corrected chi connectivity index (χ3v) is 12.1. The molecule has 0 bridgehead atoms. The molecular weight excluding hydrogens is 882 g/mol. The SMILES string of the molecule is CCCC(C)(CC)OCC(C)(CC)NC(=O)c1ccc2nc(CN3CCC(c4cccc(OCc5ccc(C#N)cc5F)n4)CC3)n(CCN=C(NC(=O)OC(C)(C)C)NC(=O)OC(C)(C)C)c2c1. The maximum absolute atomic E-state index is 14.5. The zero-order chi connectivity index (χ0) is 50.6. The third kappa shape index (κ3) is 16.2. The molecule has 2 aromatic heterocycles. The van der Waals surface area contributed by atoms with Crippen LogP contribution in [0.1, 0.15) is 154 Å². The van der Waals surface area contributed by atoms with Crippen LogP contribution in [0.4, 0.5) is 14.0 Å². The van der Waals surface area contributed by atoms with Crippen molar-refractivity contribution in [1.29, 1.82) is 5.26 Å². The van der Waals surface area contributed by atoms with Gasteiger partial charge in [0.05, 0.1) is 53.5 Å². The number of hydrogen-bond donors (Lipinski definition) is 3. The Kier molecular flexibility index (Phi) is 18.3. The topological polar surface area (TPSA) is 194 Å². The van der Waals surface area contributed by atoms with Crippen molar-refractivity contribution in [3.05, 3.63) is 88.6 Å². The number of carbonyl (C=O) groups excluding carboxylic acids is 3. The summed E-state index contributed by atoms with van der Waals surface area (Å²) in [6, 6.07) is 17.3. The fourth-order valence-electron chi connectivity index (χ4n) is 7.85. The number of carbonyl (C=O) groups is 3. The van der Waals surface area contributed by atoms with E-state index in [-0.39, 0.29) is 48.6 Å². The van der Waals surface area contributed by atoms with Crippen LogP contribution >= 0.6 is 0 Å². The van der Waals surface area contributed by atoms with E-state index in [1.165, 1.54) is 6.07 Å². The number of ether oxygens (including phenoxy) is 4. The Bertz CT molecular complexity index is 2450. The average Bonchev–Trinajstić information content (AvgIpc) is 3.62. The van der Waals surface area contributed by atoms with E-state index in [0.717, 1.165) is 62.2 Å². The van der Waals surface area contributed by atoms with E-state index in [0.29, 0.717) is 42.1 Å². The number of aliphatic imine (C=N–C) groups is 1. The number of piperidine rings is 1. The Hall–Kier alpha value is -6.12. The van der Waals surface area contributed by atoms with Crippen molar-refractivity contribution in [2.24, 2.45) is 4.99 Å². The first-order valence-electron chi connectivity index (χ1n) is 24.0. The van der Waals surface area contributed by atoms with Crippen LogP contribution in [0.2, 0.25) is 0 Å². The van der Waals surface area contributed by atoms with Crippen LogP contribution in [-0.2, 0) is 33.9 Å². The first kappa shape index (κ1) is 53.8. The quantitative estimate of drug-likeness (QED) is 0.0635. The van der Waals surface area contributed by atoms with E-state index in [1.54, 1.807) is 65.8 Å². The second-order valence-corrected chi connectivity index (χ2v) is 20.2. The van der Waals surface area contributed by atoms with Crippen LogP contribution in [0, 0.1) is 17.1 Å². The molecule has 69 heavy (non-hydrogen) atoms. The van der Waals surface area contributed by atoms with Gasteiger partial charge in [-0.15, -0.1) is 0 Å². The number of pyridine rings is 1. The smallest absolute Gasteiger partial charge is 0.414 e. The second kappa shape index (κ2) is 23.5. The number of imidazole rings is 1. The first-order valence-corrected chi connectivity index (χ1v) is 24.0. The van der Waals surface area contributed by atoms with Crippen LogP contribution in [0.5, 0.6) is 5.88 Å². The minimum atomic E-state index is -0.804. The van der Waals surface area contributed by atoms with Crippen molar-refractivity contribution in [1.82, 2.24) is 35.4 Å². The summed E-state index contributed by atoms with van der Waals surface area (Å²) in [6.45, 7) is 23.5. The number of guanidine groups is 1. The number of amides is 3. The van der Waals surface area contributed by atoms with Gasteiger partial charge in [-0.05, 0) is 137 Å². The van der Waals surface area contributed by atoms with Gasteiger partial charge >= 0.3 is 12.2 Å². The summed E-state index contributed by atoms with van der Waals surface area (Å²) in [6.07, 6.45) is 3.49. The van der Waals surface area contributed by atoms with Crippen LogP contribution in [0.3, 0.4) is 0 Å². The van der Waals surface area contributed by atoms with Crippen LogP contribution in [0.25, 0.3) is 11.0 Å². The summed E-state index contributed by atoms with van der Waals surface area (Å²) in [5, 5.41) is 17.4. The molecule has 1 saturated heterocycles. The Morgan fingerprint density at radius 3 is 2.16 bits per heavy atom. The lowest BCUT2D eigenvalue weighted by atomic mass is 9.93. The number of nitrogens with one attached hydrogen (secondary N) is 3. The lowest BCUT2D eigenvalue weighted by Gasteiger charge is -2.36. The van der Waals surface area contributed by atoms with Gasteiger partial charge in [-0.3, -0.25) is 25.3 Å². The summed E-state index contributed by atoms with van der Waals surface area (Å²) < 4.78 is 39.8. The molecule has 2 atom stereocenters. The maximum atomic E-state index is 14.5. The summed E-state index contributed by atoms with van der Waals surface area (Å²) >= 11 is 0. The fraction of sp³-hybridized carbons (Fsp3) is 0.558. The lowest BCUT2D eigenvalue weighted by molar-refractivity contribution is -0.0646. The predicted octanol–water partition coefficient (Wildman–Crippen LogP) is 9.69. The molecule has 17 heteroatoms. The highest BCUT2D eigenvalue weighted by atomic mass is 19.1. The van der Waals surface area contributed by atoms with Crippen molar-refractivity contribution in [2.75, 3.05) is 26.2 Å². The van der Waals surface area contributed by atoms with Crippen molar-refractivity contribution in [2.45, 2.75) is 163 Å². The monoisotopic (exact) mass is 954 g/mol. The number of aromatic nitrogens is 3. The van der Waals surface area contributed by atoms with Crippen LogP contribution < -0.4 is 20.7 Å². The van der Waals surface area contributed by atoms with E-state index in [4.69, 9.17) is 34.2 Å². The number of nitrogens with zero attached hydrogens (tertiary/aromatic N) is 6. The van der Waals surface area contributed by atoms with Gasteiger partial charge in [-0.1, -0.05) is 39.3 Å². The van der Waals surface area contributed by atoms with E-state index in [1.807, 2.05) is 48.7 Å². The molecule has 2 aromatic carbocycles. The van der Waals surface area contributed by atoms with Crippen molar-refractivity contribution < 1.29 is 37.7 Å². The largest absolute Gasteiger partial charge is 0.473 e. The van der Waals surface area contributed by atoms with Gasteiger partial charge in [0.15, 0.2) is 0 Å². The molecule has 1 fully saturated rings. The van der Waals surface area contributed by atoms with Crippen LogP contribution in [-0.4, -0.2) is 92.1 Å². The van der Waals surface area contributed by atoms with Gasteiger partial charge in [0.25, 0.3) is 5.91 Å². The molecule has 0 spiro atoms. The Labute approximate surface area is 406 Å². The maximum Gasteiger partial charge on any atom is 0.414 e. The van der Waals surface area contributed by atoms with Gasteiger partial charge in [0, 0.05) is 35.3 Å². The minimum Gasteiger partial charge on any atom is -0.473 e. The highest BCUT2D eigenvalue weighted by Crippen LogP contribution is 2.30. The summed E-state index contributed by atoms with van der Waals surface area (Å²) in [5.74, 6) is 0.438. The van der Waals surface area contributed by atoms with Gasteiger partial charge < -0.3 is 28.8 Å². The molecule has 2 unspecified atom stereocenters. The van der Waals surface area contributed by atoms with Crippen LogP contribution in [0.15, 0.2) is 59.6 Å². The first-order chi connectivity index (χ1) is 32.5. The Balaban J connectivity index is 1.38.